The van der Waals surface area contributed by atoms with E-state index in [1.807, 2.05) is 42.0 Å². The van der Waals surface area contributed by atoms with E-state index < -0.39 is 17.6 Å². The lowest BCUT2D eigenvalue weighted by molar-refractivity contribution is -0.137. The minimum absolute atomic E-state index is 0.0279. The number of hydrogen-bond acceptors (Lipinski definition) is 5. The van der Waals surface area contributed by atoms with Crippen LogP contribution in [0.5, 0.6) is 0 Å². The summed E-state index contributed by atoms with van der Waals surface area (Å²) in [4.78, 5) is 5.96. The summed E-state index contributed by atoms with van der Waals surface area (Å²) in [6, 6.07) is 12.8. The van der Waals surface area contributed by atoms with Crippen LogP contribution in [0.2, 0.25) is 0 Å². The van der Waals surface area contributed by atoms with Crippen LogP contribution < -0.4 is 0 Å². The molecule has 2 aromatic carbocycles. The molecule has 3 aromatic heterocycles. The molecule has 3 heterocycles. The first-order valence-corrected chi connectivity index (χ1v) is 13.8. The van der Waals surface area contributed by atoms with Crippen LogP contribution in [0.3, 0.4) is 0 Å². The number of aryl methyl sites for hydroxylation is 2. The highest BCUT2D eigenvalue weighted by Crippen LogP contribution is 2.37. The first kappa shape index (κ1) is 26.4. The molecule has 0 spiro atoms. The van der Waals surface area contributed by atoms with Crippen molar-refractivity contribution in [2.45, 2.75) is 50.8 Å². The smallest absolute Gasteiger partial charge is 0.299 e. The van der Waals surface area contributed by atoms with E-state index in [1.54, 1.807) is 11.3 Å². The molecule has 0 unspecified atom stereocenters. The van der Waals surface area contributed by atoms with Crippen LogP contribution in [-0.2, 0) is 11.9 Å². The zero-order valence-corrected chi connectivity index (χ0v) is 22.7. The summed E-state index contributed by atoms with van der Waals surface area (Å²) in [5.74, 6) is -0.122. The van der Waals surface area contributed by atoms with Crippen LogP contribution in [0.15, 0.2) is 59.1 Å². The molecule has 0 saturated carbocycles. The molecule has 5 rings (SSSR count). The molecule has 0 saturated heterocycles. The van der Waals surface area contributed by atoms with Crippen LogP contribution in [0, 0.1) is 19.7 Å². The number of benzene rings is 2. The minimum atomic E-state index is -4.59. The Morgan fingerprint density at radius 3 is 2.42 bits per heavy atom. The molecule has 0 bridgehead atoms. The Labute approximate surface area is 225 Å². The molecule has 0 aliphatic carbocycles. The average Bonchev–Trinajstić information content (AvgIpc) is 3.53. The second-order valence-electron chi connectivity index (χ2n) is 9.35. The Kier molecular flexibility index (Phi) is 7.04. The van der Waals surface area contributed by atoms with Gasteiger partial charge < -0.3 is 0 Å². The third-order valence-electron chi connectivity index (χ3n) is 6.36. The van der Waals surface area contributed by atoms with E-state index in [9.17, 15) is 17.6 Å². The number of alkyl halides is 3. The zero-order valence-electron chi connectivity index (χ0n) is 21.1. The maximum absolute atomic E-state index is 14.5. The monoisotopic (exact) mass is 556 g/mol. The molecule has 0 radical (unpaired) electrons. The summed E-state index contributed by atoms with van der Waals surface area (Å²) in [6.45, 7) is 8.13. The second kappa shape index (κ2) is 10.1. The second-order valence-corrected chi connectivity index (χ2v) is 11.2. The van der Waals surface area contributed by atoms with E-state index in [1.165, 1.54) is 17.8 Å². The molecule has 0 aliphatic heterocycles. The van der Waals surface area contributed by atoms with Crippen molar-refractivity contribution in [3.63, 3.8) is 0 Å². The van der Waals surface area contributed by atoms with E-state index in [0.717, 1.165) is 44.2 Å². The number of pyridine rings is 1. The molecular formula is C28H24F4N4S2. The van der Waals surface area contributed by atoms with Crippen molar-refractivity contribution in [2.75, 3.05) is 0 Å². The van der Waals surface area contributed by atoms with Gasteiger partial charge in [-0.2, -0.15) is 13.2 Å². The summed E-state index contributed by atoms with van der Waals surface area (Å²) in [5.41, 5.74) is 4.01. The van der Waals surface area contributed by atoms with Crippen molar-refractivity contribution < 1.29 is 17.6 Å². The minimum Gasteiger partial charge on any atom is -0.299 e. The van der Waals surface area contributed by atoms with Crippen LogP contribution >= 0.6 is 23.1 Å². The summed E-state index contributed by atoms with van der Waals surface area (Å²) in [7, 11) is 0. The predicted octanol–water partition coefficient (Wildman–Crippen LogP) is 8.87. The highest BCUT2D eigenvalue weighted by Gasteiger charge is 2.31. The highest BCUT2D eigenvalue weighted by atomic mass is 32.2. The summed E-state index contributed by atoms with van der Waals surface area (Å²) in [5, 5.41) is 12.5. The molecule has 0 amide bonds. The fraction of sp³-hybridized carbons (Fsp3) is 0.250. The zero-order chi connectivity index (χ0) is 27.2. The Balaban J connectivity index is 1.57. The number of thiophene rings is 1. The summed E-state index contributed by atoms with van der Waals surface area (Å²) < 4.78 is 55.3. The predicted molar refractivity (Wildman–Crippen MR) is 145 cm³/mol. The summed E-state index contributed by atoms with van der Waals surface area (Å²) >= 11 is 2.84. The van der Waals surface area contributed by atoms with E-state index in [2.05, 4.69) is 36.2 Å². The first-order chi connectivity index (χ1) is 18.0. The molecule has 196 valence electrons. The molecule has 0 N–H and O–H groups in total. The lowest BCUT2D eigenvalue weighted by Crippen LogP contribution is -2.07. The average molecular weight is 557 g/mol. The number of thioether (sulfide) groups is 1. The Morgan fingerprint density at radius 1 is 1.00 bits per heavy atom. The SMILES string of the molecule is Cc1cc2nc(-c3cccs3)cc(-c3nnc(SCc4ccc(C(F)(F)F)cc4F)n3C(C)C)c2cc1C. The Hall–Kier alpha value is -3.24. The Morgan fingerprint density at radius 2 is 1.76 bits per heavy atom. The number of hydrogen-bond donors (Lipinski definition) is 0. The number of nitrogens with zero attached hydrogens (tertiary/aromatic N) is 4. The molecule has 0 atom stereocenters. The maximum Gasteiger partial charge on any atom is 0.416 e. The van der Waals surface area contributed by atoms with Crippen molar-refractivity contribution in [3.8, 4) is 22.0 Å². The van der Waals surface area contributed by atoms with Crippen molar-refractivity contribution in [1.29, 1.82) is 0 Å². The quantitative estimate of drug-likeness (QED) is 0.155. The van der Waals surface area contributed by atoms with Gasteiger partial charge in [0.15, 0.2) is 11.0 Å². The van der Waals surface area contributed by atoms with Crippen LogP contribution in [0.1, 0.15) is 42.1 Å². The van der Waals surface area contributed by atoms with Crippen molar-refractivity contribution >= 4 is 34.0 Å². The van der Waals surface area contributed by atoms with Gasteiger partial charge in [0.1, 0.15) is 5.82 Å². The number of aromatic nitrogens is 4. The van der Waals surface area contributed by atoms with E-state index in [4.69, 9.17) is 4.98 Å². The number of halogens is 4. The molecule has 10 heteroatoms. The van der Waals surface area contributed by atoms with Gasteiger partial charge >= 0.3 is 6.18 Å². The number of fused-ring (bicyclic) bond motifs is 1. The van der Waals surface area contributed by atoms with Crippen molar-refractivity contribution in [2.24, 2.45) is 0 Å². The van der Waals surface area contributed by atoms with Gasteiger partial charge in [-0.1, -0.05) is 23.9 Å². The summed E-state index contributed by atoms with van der Waals surface area (Å²) in [6.07, 6.45) is -4.59. The van der Waals surface area contributed by atoms with Gasteiger partial charge in [0.25, 0.3) is 0 Å². The fourth-order valence-electron chi connectivity index (χ4n) is 4.23. The van der Waals surface area contributed by atoms with Crippen molar-refractivity contribution in [3.05, 3.63) is 82.0 Å². The normalized spacial score (nSPS) is 12.1. The van der Waals surface area contributed by atoms with E-state index in [0.29, 0.717) is 17.0 Å². The standard InChI is InChI=1S/C28H24F4N4S2/c1-15(2)36-26(34-35-27(36)38-14-18-7-8-19(12-22(18)29)28(30,31)32)21-13-24(25-6-5-9-37-25)33-23-11-17(4)16(3)10-20(21)23/h5-13,15H,14H2,1-4H3. The third kappa shape index (κ3) is 5.07. The largest absolute Gasteiger partial charge is 0.416 e. The Bertz CT molecular complexity index is 1620. The van der Waals surface area contributed by atoms with Gasteiger partial charge in [0.05, 0.1) is 21.7 Å². The third-order valence-corrected chi connectivity index (χ3v) is 8.24. The van der Waals surface area contributed by atoms with Crippen molar-refractivity contribution in [1.82, 2.24) is 19.7 Å². The molecule has 38 heavy (non-hydrogen) atoms. The fourth-order valence-corrected chi connectivity index (χ4v) is 5.97. The van der Waals surface area contributed by atoms with Gasteiger partial charge in [-0.05, 0) is 86.2 Å². The lowest BCUT2D eigenvalue weighted by Gasteiger charge is -2.16. The van der Waals surface area contributed by atoms with E-state index >= 15 is 0 Å². The van der Waals surface area contributed by atoms with E-state index in [-0.39, 0.29) is 17.4 Å². The number of rotatable bonds is 6. The van der Waals surface area contributed by atoms with Gasteiger partial charge in [-0.25, -0.2) is 9.37 Å². The molecule has 0 fully saturated rings. The van der Waals surface area contributed by atoms with Crippen LogP contribution in [-0.4, -0.2) is 19.7 Å². The molecule has 0 aliphatic rings. The topological polar surface area (TPSA) is 43.6 Å². The van der Waals surface area contributed by atoms with Gasteiger partial charge in [0.2, 0.25) is 0 Å². The highest BCUT2D eigenvalue weighted by molar-refractivity contribution is 7.98. The molecule has 4 nitrogen and oxygen atoms in total. The molecular weight excluding hydrogens is 532 g/mol. The molecule has 5 aromatic rings. The van der Waals surface area contributed by atoms with Gasteiger partial charge in [0, 0.05) is 22.7 Å². The lowest BCUT2D eigenvalue weighted by atomic mass is 10.0. The van der Waals surface area contributed by atoms with Crippen LogP contribution in [0.4, 0.5) is 17.6 Å². The van der Waals surface area contributed by atoms with Crippen LogP contribution in [0.25, 0.3) is 32.9 Å². The maximum atomic E-state index is 14.5. The van der Waals surface area contributed by atoms with Gasteiger partial charge in [-0.3, -0.25) is 4.57 Å². The first-order valence-electron chi connectivity index (χ1n) is 11.9. The van der Waals surface area contributed by atoms with Gasteiger partial charge in [-0.15, -0.1) is 21.5 Å².